The summed E-state index contributed by atoms with van der Waals surface area (Å²) in [7, 11) is 0. The lowest BCUT2D eigenvalue weighted by Crippen LogP contribution is -2.28. The number of imidazole rings is 2. The van der Waals surface area contributed by atoms with Crippen molar-refractivity contribution in [2.24, 2.45) is 0 Å². The molecule has 6 rings (SSSR count). The third-order valence-electron chi connectivity index (χ3n) is 5.48. The molecule has 154 valence electrons. The third kappa shape index (κ3) is 2.64. The second-order valence-corrected chi connectivity index (χ2v) is 7.27. The standard InChI is InChI=1S/C21H14F2N6O2/c22-11-4-5-17-14(8-11)25-10-28(17)20-24-9-15-19(27-20)29(21(30)26-15)16-6-7-31-18-12(16)2-1-3-13(18)23/h1-5,8-10,16H,6-7H2,(H,26,30). The topological polar surface area (TPSA) is 90.6 Å². The predicted octanol–water partition coefficient (Wildman–Crippen LogP) is 3.11. The number of hydrogen-bond donors (Lipinski definition) is 1. The van der Waals surface area contributed by atoms with Crippen LogP contribution in [0.5, 0.6) is 5.75 Å². The summed E-state index contributed by atoms with van der Waals surface area (Å²) in [4.78, 5) is 28.7. The Labute approximate surface area is 172 Å². The van der Waals surface area contributed by atoms with Crippen LogP contribution in [0.2, 0.25) is 0 Å². The maximum Gasteiger partial charge on any atom is 0.328 e. The van der Waals surface area contributed by atoms with Crippen molar-refractivity contribution in [1.29, 1.82) is 0 Å². The molecule has 3 aromatic heterocycles. The first-order valence-corrected chi connectivity index (χ1v) is 9.61. The minimum Gasteiger partial charge on any atom is -0.490 e. The average molecular weight is 420 g/mol. The molecule has 2 aromatic carbocycles. The largest absolute Gasteiger partial charge is 0.490 e. The highest BCUT2D eigenvalue weighted by atomic mass is 19.1. The van der Waals surface area contributed by atoms with Crippen molar-refractivity contribution in [3.05, 3.63) is 76.6 Å². The van der Waals surface area contributed by atoms with Crippen LogP contribution in [0.3, 0.4) is 0 Å². The quantitative estimate of drug-likeness (QED) is 0.474. The van der Waals surface area contributed by atoms with Crippen molar-refractivity contribution >= 4 is 22.2 Å². The van der Waals surface area contributed by atoms with Gasteiger partial charge in [-0.3, -0.25) is 9.13 Å². The van der Waals surface area contributed by atoms with Crippen LogP contribution in [0.25, 0.3) is 28.1 Å². The van der Waals surface area contributed by atoms with Gasteiger partial charge in [-0.25, -0.2) is 23.5 Å². The predicted molar refractivity (Wildman–Crippen MR) is 107 cm³/mol. The number of halogens is 2. The smallest absolute Gasteiger partial charge is 0.328 e. The molecule has 0 spiro atoms. The van der Waals surface area contributed by atoms with E-state index in [2.05, 4.69) is 19.9 Å². The number of nitrogens with one attached hydrogen (secondary N) is 1. The number of aromatic amines is 1. The average Bonchev–Trinajstić information content (AvgIpc) is 3.33. The lowest BCUT2D eigenvalue weighted by atomic mass is 10.00. The van der Waals surface area contributed by atoms with Crippen LogP contribution in [-0.2, 0) is 0 Å². The zero-order valence-corrected chi connectivity index (χ0v) is 15.9. The number of para-hydroxylation sites is 1. The Morgan fingerprint density at radius 3 is 2.97 bits per heavy atom. The van der Waals surface area contributed by atoms with E-state index in [1.165, 1.54) is 35.3 Å². The fourth-order valence-electron chi connectivity index (χ4n) is 4.09. The number of benzene rings is 2. The van der Waals surface area contributed by atoms with E-state index in [9.17, 15) is 13.6 Å². The van der Waals surface area contributed by atoms with Crippen LogP contribution in [-0.4, -0.2) is 35.7 Å². The van der Waals surface area contributed by atoms with E-state index in [0.29, 0.717) is 34.2 Å². The van der Waals surface area contributed by atoms with E-state index in [-0.39, 0.29) is 29.8 Å². The van der Waals surface area contributed by atoms with Crippen LogP contribution < -0.4 is 10.4 Å². The van der Waals surface area contributed by atoms with Gasteiger partial charge in [0.25, 0.3) is 0 Å². The highest BCUT2D eigenvalue weighted by molar-refractivity contribution is 5.77. The maximum atomic E-state index is 14.2. The molecular formula is C21H14F2N6O2. The Morgan fingerprint density at radius 1 is 1.16 bits per heavy atom. The van der Waals surface area contributed by atoms with Crippen molar-refractivity contribution < 1.29 is 13.5 Å². The van der Waals surface area contributed by atoms with Crippen molar-refractivity contribution in [2.75, 3.05) is 6.61 Å². The van der Waals surface area contributed by atoms with E-state index in [1.807, 2.05) is 0 Å². The highest BCUT2D eigenvalue weighted by Gasteiger charge is 2.28. The summed E-state index contributed by atoms with van der Waals surface area (Å²) in [5, 5.41) is 0. The summed E-state index contributed by atoms with van der Waals surface area (Å²) in [6.45, 7) is 0.271. The van der Waals surface area contributed by atoms with Gasteiger partial charge in [-0.05, 0) is 18.2 Å². The van der Waals surface area contributed by atoms with Crippen molar-refractivity contribution in [2.45, 2.75) is 12.5 Å². The fourth-order valence-corrected chi connectivity index (χ4v) is 4.09. The van der Waals surface area contributed by atoms with Gasteiger partial charge in [-0.1, -0.05) is 12.1 Å². The Balaban J connectivity index is 1.55. The molecule has 0 saturated heterocycles. The van der Waals surface area contributed by atoms with Gasteiger partial charge in [0.05, 0.1) is 29.9 Å². The number of ether oxygens (including phenoxy) is 1. The van der Waals surface area contributed by atoms with Crippen LogP contribution in [0.15, 0.2) is 53.7 Å². The molecule has 1 atom stereocenters. The van der Waals surface area contributed by atoms with Crippen LogP contribution in [0.4, 0.5) is 8.78 Å². The molecule has 0 fully saturated rings. The van der Waals surface area contributed by atoms with Crippen LogP contribution >= 0.6 is 0 Å². The Kier molecular flexibility index (Phi) is 3.70. The summed E-state index contributed by atoms with van der Waals surface area (Å²) in [6, 6.07) is 8.46. The molecule has 0 radical (unpaired) electrons. The van der Waals surface area contributed by atoms with E-state index in [1.54, 1.807) is 22.8 Å². The van der Waals surface area contributed by atoms with Gasteiger partial charge in [0.1, 0.15) is 17.7 Å². The number of hydrogen-bond acceptors (Lipinski definition) is 5. The molecule has 1 N–H and O–H groups in total. The Bertz CT molecular complexity index is 1540. The van der Waals surface area contributed by atoms with E-state index >= 15 is 0 Å². The van der Waals surface area contributed by atoms with Gasteiger partial charge in [0.15, 0.2) is 17.2 Å². The second-order valence-electron chi connectivity index (χ2n) is 7.27. The molecule has 1 aliphatic heterocycles. The first-order chi connectivity index (χ1) is 15.1. The van der Waals surface area contributed by atoms with Crippen LogP contribution in [0, 0.1) is 11.6 Å². The fraction of sp³-hybridized carbons (Fsp3) is 0.143. The lowest BCUT2D eigenvalue weighted by Gasteiger charge is -2.26. The van der Waals surface area contributed by atoms with Gasteiger partial charge < -0.3 is 9.72 Å². The molecule has 4 heterocycles. The molecule has 0 aliphatic carbocycles. The first kappa shape index (κ1) is 17.8. The molecule has 0 amide bonds. The number of fused-ring (bicyclic) bond motifs is 3. The van der Waals surface area contributed by atoms with Gasteiger partial charge in [0, 0.05) is 18.1 Å². The van der Waals surface area contributed by atoms with Gasteiger partial charge in [-0.15, -0.1) is 0 Å². The van der Waals surface area contributed by atoms with E-state index in [4.69, 9.17) is 4.74 Å². The Hall–Kier alpha value is -4.08. The molecule has 5 aromatic rings. The van der Waals surface area contributed by atoms with Gasteiger partial charge >= 0.3 is 5.69 Å². The van der Waals surface area contributed by atoms with Gasteiger partial charge in [0.2, 0.25) is 5.95 Å². The van der Waals surface area contributed by atoms with E-state index in [0.717, 1.165) is 0 Å². The summed E-state index contributed by atoms with van der Waals surface area (Å²) in [5.74, 6) is -0.431. The van der Waals surface area contributed by atoms with Gasteiger partial charge in [-0.2, -0.15) is 4.98 Å². The zero-order chi connectivity index (χ0) is 21.1. The first-order valence-electron chi connectivity index (χ1n) is 9.61. The summed E-state index contributed by atoms with van der Waals surface area (Å²) in [5.41, 5.74) is 2.13. The number of H-pyrrole nitrogens is 1. The molecule has 0 saturated carbocycles. The van der Waals surface area contributed by atoms with Crippen molar-refractivity contribution in [3.8, 4) is 11.7 Å². The maximum absolute atomic E-state index is 14.2. The van der Waals surface area contributed by atoms with Crippen molar-refractivity contribution in [3.63, 3.8) is 0 Å². The molecule has 31 heavy (non-hydrogen) atoms. The molecule has 8 nitrogen and oxygen atoms in total. The normalized spacial score (nSPS) is 15.9. The lowest BCUT2D eigenvalue weighted by molar-refractivity contribution is 0.244. The minimum atomic E-state index is -0.470. The third-order valence-corrected chi connectivity index (χ3v) is 5.48. The zero-order valence-electron chi connectivity index (χ0n) is 15.9. The minimum absolute atomic E-state index is 0.150. The molecular weight excluding hydrogens is 406 g/mol. The monoisotopic (exact) mass is 420 g/mol. The van der Waals surface area contributed by atoms with Crippen molar-refractivity contribution in [1.82, 2.24) is 29.1 Å². The Morgan fingerprint density at radius 2 is 2.06 bits per heavy atom. The molecule has 10 heteroatoms. The van der Waals surface area contributed by atoms with E-state index < -0.39 is 11.9 Å². The number of aromatic nitrogens is 6. The number of rotatable bonds is 2. The molecule has 0 bridgehead atoms. The summed E-state index contributed by atoms with van der Waals surface area (Å²) < 4.78 is 36.4. The van der Waals surface area contributed by atoms with Crippen LogP contribution in [0.1, 0.15) is 18.0 Å². The molecule has 1 unspecified atom stereocenters. The summed E-state index contributed by atoms with van der Waals surface area (Å²) in [6.07, 6.45) is 3.49. The number of nitrogens with zero attached hydrogens (tertiary/aromatic N) is 5. The molecule has 1 aliphatic rings. The summed E-state index contributed by atoms with van der Waals surface area (Å²) >= 11 is 0. The highest BCUT2D eigenvalue weighted by Crippen LogP contribution is 2.36. The SMILES string of the molecule is O=c1[nH]c2cnc(-n3cnc4cc(F)ccc43)nc2n1C1CCOc2c(F)cccc21. The second kappa shape index (κ2) is 6.46.